The summed E-state index contributed by atoms with van der Waals surface area (Å²) >= 11 is 0. The number of benzene rings is 1. The molecule has 0 spiro atoms. The minimum absolute atomic E-state index is 0.0481. The highest BCUT2D eigenvalue weighted by molar-refractivity contribution is 5.64. The molecule has 1 aliphatic carbocycles. The molecule has 1 aliphatic rings. The molecule has 0 aliphatic heterocycles. The van der Waals surface area contributed by atoms with Crippen LogP contribution in [0.5, 0.6) is 17.2 Å². The van der Waals surface area contributed by atoms with Crippen LogP contribution in [0.1, 0.15) is 32.1 Å². The molecule has 0 aromatic heterocycles. The van der Waals surface area contributed by atoms with Crippen molar-refractivity contribution in [3.63, 3.8) is 0 Å². The first-order chi connectivity index (χ1) is 9.19. The van der Waals surface area contributed by atoms with Crippen molar-refractivity contribution in [1.29, 1.82) is 0 Å². The number of hydrogen-bond acceptors (Lipinski definition) is 5. The summed E-state index contributed by atoms with van der Waals surface area (Å²) in [7, 11) is 1.45. The fourth-order valence-corrected chi connectivity index (χ4v) is 2.17. The van der Waals surface area contributed by atoms with Crippen molar-refractivity contribution < 1.29 is 24.1 Å². The average Bonchev–Trinajstić information content (AvgIpc) is 2.40. The molecule has 0 radical (unpaired) electrons. The quantitative estimate of drug-likeness (QED) is 0.672. The third kappa shape index (κ3) is 3.77. The molecule has 104 valence electrons. The molecule has 0 bridgehead atoms. The Morgan fingerprint density at radius 3 is 2.63 bits per heavy atom. The number of aromatic hydroxyl groups is 1. The van der Waals surface area contributed by atoms with Gasteiger partial charge in [-0.2, -0.15) is 0 Å². The number of rotatable bonds is 3. The van der Waals surface area contributed by atoms with Gasteiger partial charge in [0.25, 0.3) is 0 Å². The van der Waals surface area contributed by atoms with E-state index in [1.165, 1.54) is 25.7 Å². The minimum atomic E-state index is -0.725. The van der Waals surface area contributed by atoms with Gasteiger partial charge in [-0.05, 0) is 37.8 Å². The van der Waals surface area contributed by atoms with Crippen molar-refractivity contribution in [3.8, 4) is 17.2 Å². The van der Waals surface area contributed by atoms with Crippen LogP contribution in [0, 0.1) is 0 Å². The molecule has 0 heterocycles. The van der Waals surface area contributed by atoms with Crippen LogP contribution in [0.25, 0.3) is 0 Å². The average molecular weight is 266 g/mol. The number of carbonyl (C=O) groups excluding carboxylic acids is 1. The van der Waals surface area contributed by atoms with Crippen LogP contribution in [0.4, 0.5) is 4.79 Å². The fraction of sp³-hybridized carbons (Fsp3) is 0.500. The third-order valence-electron chi connectivity index (χ3n) is 3.17. The second kappa shape index (κ2) is 6.31. The van der Waals surface area contributed by atoms with Crippen molar-refractivity contribution >= 4 is 6.16 Å². The van der Waals surface area contributed by atoms with Gasteiger partial charge in [0, 0.05) is 6.07 Å². The molecule has 2 rings (SSSR count). The zero-order chi connectivity index (χ0) is 13.7. The zero-order valence-electron chi connectivity index (χ0n) is 10.9. The number of hydrogen-bond donors (Lipinski definition) is 1. The Kier molecular flexibility index (Phi) is 4.49. The van der Waals surface area contributed by atoms with Crippen molar-refractivity contribution in [2.24, 2.45) is 0 Å². The van der Waals surface area contributed by atoms with Gasteiger partial charge in [-0.3, -0.25) is 0 Å². The molecule has 0 unspecified atom stereocenters. The van der Waals surface area contributed by atoms with Gasteiger partial charge in [-0.25, -0.2) is 4.79 Å². The van der Waals surface area contributed by atoms with E-state index >= 15 is 0 Å². The second-order valence-electron chi connectivity index (χ2n) is 4.56. The summed E-state index contributed by atoms with van der Waals surface area (Å²) < 4.78 is 15.1. The molecule has 1 saturated carbocycles. The summed E-state index contributed by atoms with van der Waals surface area (Å²) in [5, 5.41) is 9.57. The fourth-order valence-electron chi connectivity index (χ4n) is 2.17. The van der Waals surface area contributed by atoms with Gasteiger partial charge in [-0.1, -0.05) is 6.42 Å². The Bertz CT molecular complexity index is 437. The number of phenolic OH excluding ortho intramolecular Hbond substituents is 1. The molecule has 0 saturated heterocycles. The van der Waals surface area contributed by atoms with Crippen LogP contribution in [-0.4, -0.2) is 24.5 Å². The topological polar surface area (TPSA) is 65.0 Å². The van der Waals surface area contributed by atoms with Gasteiger partial charge >= 0.3 is 6.16 Å². The summed E-state index contributed by atoms with van der Waals surface area (Å²) in [4.78, 5) is 11.6. The molecule has 5 nitrogen and oxygen atoms in total. The standard InChI is InChI=1S/C14H18O5/c1-17-13-8-7-11(9-12(13)15)19-14(16)18-10-5-3-2-4-6-10/h7-10,15H,2-6H2,1H3. The Balaban J connectivity index is 1.89. The van der Waals surface area contributed by atoms with Gasteiger partial charge in [0.1, 0.15) is 11.9 Å². The molecular weight excluding hydrogens is 248 g/mol. The summed E-state index contributed by atoms with van der Waals surface area (Å²) in [5.41, 5.74) is 0. The summed E-state index contributed by atoms with van der Waals surface area (Å²) in [6.07, 6.45) is 4.37. The molecule has 1 aromatic carbocycles. The molecular formula is C14H18O5. The van der Waals surface area contributed by atoms with Gasteiger partial charge in [-0.15, -0.1) is 0 Å². The van der Waals surface area contributed by atoms with Crippen LogP contribution in [-0.2, 0) is 4.74 Å². The number of phenols is 1. The van der Waals surface area contributed by atoms with Crippen LogP contribution in [0.3, 0.4) is 0 Å². The smallest absolute Gasteiger partial charge is 0.504 e. The maximum absolute atomic E-state index is 11.6. The maximum Gasteiger partial charge on any atom is 0.514 e. The van der Waals surface area contributed by atoms with E-state index < -0.39 is 6.16 Å². The molecule has 1 aromatic rings. The van der Waals surface area contributed by atoms with E-state index in [1.807, 2.05) is 0 Å². The molecule has 0 atom stereocenters. The predicted octanol–water partition coefficient (Wildman–Crippen LogP) is 3.25. The van der Waals surface area contributed by atoms with E-state index in [9.17, 15) is 9.90 Å². The van der Waals surface area contributed by atoms with Gasteiger partial charge in [0.05, 0.1) is 7.11 Å². The van der Waals surface area contributed by atoms with Gasteiger partial charge in [0.2, 0.25) is 0 Å². The SMILES string of the molecule is COc1ccc(OC(=O)OC2CCCCC2)cc1O. The Morgan fingerprint density at radius 2 is 2.00 bits per heavy atom. The summed E-state index contributed by atoms with van der Waals surface area (Å²) in [5.74, 6) is 0.484. The lowest BCUT2D eigenvalue weighted by Gasteiger charge is -2.21. The van der Waals surface area contributed by atoms with E-state index in [0.717, 1.165) is 25.7 Å². The van der Waals surface area contributed by atoms with E-state index in [-0.39, 0.29) is 17.6 Å². The van der Waals surface area contributed by atoms with E-state index in [2.05, 4.69) is 0 Å². The zero-order valence-corrected chi connectivity index (χ0v) is 10.9. The van der Waals surface area contributed by atoms with E-state index in [4.69, 9.17) is 14.2 Å². The first kappa shape index (κ1) is 13.5. The highest BCUT2D eigenvalue weighted by Gasteiger charge is 2.19. The largest absolute Gasteiger partial charge is 0.514 e. The second-order valence-corrected chi connectivity index (χ2v) is 4.56. The Morgan fingerprint density at radius 1 is 1.26 bits per heavy atom. The number of methoxy groups -OCH3 is 1. The van der Waals surface area contributed by atoms with Crippen LogP contribution in [0.2, 0.25) is 0 Å². The first-order valence-corrected chi connectivity index (χ1v) is 6.44. The molecule has 5 heteroatoms. The Labute approximate surface area is 112 Å². The molecule has 1 N–H and O–H groups in total. The highest BCUT2D eigenvalue weighted by atomic mass is 16.7. The first-order valence-electron chi connectivity index (χ1n) is 6.44. The lowest BCUT2D eigenvalue weighted by Crippen LogP contribution is -2.23. The monoisotopic (exact) mass is 266 g/mol. The van der Waals surface area contributed by atoms with Crippen LogP contribution >= 0.6 is 0 Å². The molecule has 19 heavy (non-hydrogen) atoms. The van der Waals surface area contributed by atoms with Gasteiger partial charge in [0.15, 0.2) is 11.5 Å². The van der Waals surface area contributed by atoms with E-state index in [0.29, 0.717) is 5.75 Å². The summed E-state index contributed by atoms with van der Waals surface area (Å²) in [6.45, 7) is 0. The van der Waals surface area contributed by atoms with Crippen LogP contribution < -0.4 is 9.47 Å². The maximum atomic E-state index is 11.6. The lowest BCUT2D eigenvalue weighted by molar-refractivity contribution is 0.0416. The highest BCUT2D eigenvalue weighted by Crippen LogP contribution is 2.30. The number of carbonyl (C=O) groups is 1. The third-order valence-corrected chi connectivity index (χ3v) is 3.17. The van der Waals surface area contributed by atoms with Gasteiger partial charge < -0.3 is 19.3 Å². The lowest BCUT2D eigenvalue weighted by atomic mass is 9.98. The van der Waals surface area contributed by atoms with Crippen molar-refractivity contribution in [2.45, 2.75) is 38.2 Å². The normalized spacial score (nSPS) is 15.8. The van der Waals surface area contributed by atoms with Crippen molar-refractivity contribution in [3.05, 3.63) is 18.2 Å². The summed E-state index contributed by atoms with van der Waals surface area (Å²) in [6, 6.07) is 4.39. The Hall–Kier alpha value is -1.91. The van der Waals surface area contributed by atoms with E-state index in [1.54, 1.807) is 6.07 Å². The molecule has 1 fully saturated rings. The van der Waals surface area contributed by atoms with Crippen LogP contribution in [0.15, 0.2) is 18.2 Å². The minimum Gasteiger partial charge on any atom is -0.504 e. The molecule has 0 amide bonds. The van der Waals surface area contributed by atoms with Crippen molar-refractivity contribution in [2.75, 3.05) is 7.11 Å². The number of ether oxygens (including phenoxy) is 3. The van der Waals surface area contributed by atoms with Crippen molar-refractivity contribution in [1.82, 2.24) is 0 Å². The predicted molar refractivity (Wildman–Crippen MR) is 68.6 cm³/mol.